The Hall–Kier alpha value is -1.14. The molecule has 0 radical (unpaired) electrons. The Kier molecular flexibility index (Phi) is 3.87. The number of anilines is 1. The van der Waals surface area contributed by atoms with Crippen LogP contribution in [0.1, 0.15) is 28.2 Å². The molecule has 6 heteroatoms. The summed E-state index contributed by atoms with van der Waals surface area (Å²) in [5.41, 5.74) is 6.38. The second-order valence-electron chi connectivity index (χ2n) is 4.92. The molecule has 0 unspecified atom stereocenters. The molecule has 1 aliphatic rings. The van der Waals surface area contributed by atoms with Crippen LogP contribution in [0.4, 0.5) is 5.13 Å². The molecule has 0 bridgehead atoms. The Morgan fingerprint density at radius 1 is 1.50 bits per heavy atom. The molecule has 2 N–H and O–H groups in total. The van der Waals surface area contributed by atoms with Crippen molar-refractivity contribution >= 4 is 22.4 Å². The molecule has 1 amide bonds. The Morgan fingerprint density at radius 2 is 2.11 bits per heavy atom. The highest BCUT2D eigenvalue weighted by atomic mass is 32.1. The molecule has 1 fully saturated rings. The number of hydrogen-bond acceptors (Lipinski definition) is 5. The number of nitrogens with zero attached hydrogens (tertiary/aromatic N) is 3. The van der Waals surface area contributed by atoms with Crippen molar-refractivity contribution in [2.75, 3.05) is 32.9 Å². The smallest absolute Gasteiger partial charge is 0.265 e. The van der Waals surface area contributed by atoms with Gasteiger partial charge in [0.2, 0.25) is 0 Å². The number of amides is 1. The van der Waals surface area contributed by atoms with E-state index >= 15 is 0 Å². The molecule has 1 aliphatic heterocycles. The van der Waals surface area contributed by atoms with Crippen LogP contribution < -0.4 is 5.73 Å². The van der Waals surface area contributed by atoms with Gasteiger partial charge in [-0.3, -0.25) is 4.79 Å². The Bertz CT molecular complexity index is 437. The molecule has 0 saturated carbocycles. The number of nitrogens with two attached hydrogens (primary N) is 1. The van der Waals surface area contributed by atoms with Gasteiger partial charge >= 0.3 is 0 Å². The monoisotopic (exact) mass is 268 g/mol. The van der Waals surface area contributed by atoms with Crippen LogP contribution in [0, 0.1) is 6.92 Å². The summed E-state index contributed by atoms with van der Waals surface area (Å²) in [7, 11) is 4.00. The van der Waals surface area contributed by atoms with E-state index in [0.717, 1.165) is 31.6 Å². The molecule has 18 heavy (non-hydrogen) atoms. The molecular formula is C12H20N4OS. The zero-order valence-corrected chi connectivity index (χ0v) is 12.0. The topological polar surface area (TPSA) is 62.5 Å². The summed E-state index contributed by atoms with van der Waals surface area (Å²) in [4.78, 5) is 21.3. The molecule has 2 rings (SSSR count). The highest BCUT2D eigenvalue weighted by molar-refractivity contribution is 7.17. The van der Waals surface area contributed by atoms with Crippen molar-refractivity contribution in [2.24, 2.45) is 0 Å². The summed E-state index contributed by atoms with van der Waals surface area (Å²) < 4.78 is 0. The van der Waals surface area contributed by atoms with Crippen LogP contribution in [0.15, 0.2) is 0 Å². The van der Waals surface area contributed by atoms with E-state index in [1.165, 1.54) is 11.3 Å². The quantitative estimate of drug-likeness (QED) is 0.875. The van der Waals surface area contributed by atoms with Gasteiger partial charge in [0.25, 0.3) is 5.91 Å². The third-order valence-corrected chi connectivity index (χ3v) is 4.54. The second kappa shape index (κ2) is 5.24. The van der Waals surface area contributed by atoms with Gasteiger partial charge in [-0.05, 0) is 39.9 Å². The molecule has 1 saturated heterocycles. The SMILES string of the molecule is Cc1nc(N)sc1C(=O)N(C)C1CCN(C)CC1. The number of aryl methyl sites for hydroxylation is 1. The maximum atomic E-state index is 12.4. The van der Waals surface area contributed by atoms with E-state index in [1.54, 1.807) is 0 Å². The van der Waals surface area contributed by atoms with Gasteiger partial charge in [-0.15, -0.1) is 0 Å². The maximum Gasteiger partial charge on any atom is 0.265 e. The number of aromatic nitrogens is 1. The van der Waals surface area contributed by atoms with Gasteiger partial charge in [0.1, 0.15) is 4.88 Å². The van der Waals surface area contributed by atoms with Gasteiger partial charge in [-0.25, -0.2) is 4.98 Å². The van der Waals surface area contributed by atoms with Gasteiger partial charge in [0.15, 0.2) is 5.13 Å². The lowest BCUT2D eigenvalue weighted by molar-refractivity contribution is 0.0663. The molecule has 0 aliphatic carbocycles. The first kappa shape index (κ1) is 13.3. The lowest BCUT2D eigenvalue weighted by atomic mass is 10.0. The number of likely N-dealkylation sites (tertiary alicyclic amines) is 1. The van der Waals surface area contributed by atoms with Crippen molar-refractivity contribution in [3.05, 3.63) is 10.6 Å². The molecule has 5 nitrogen and oxygen atoms in total. The van der Waals surface area contributed by atoms with Crippen molar-refractivity contribution in [3.8, 4) is 0 Å². The van der Waals surface area contributed by atoms with Crippen LogP contribution in [0.2, 0.25) is 0 Å². The number of hydrogen-bond donors (Lipinski definition) is 1. The normalized spacial score (nSPS) is 17.9. The predicted molar refractivity (Wildman–Crippen MR) is 73.9 cm³/mol. The predicted octanol–water partition coefficient (Wildman–Crippen LogP) is 1.20. The van der Waals surface area contributed by atoms with E-state index in [4.69, 9.17) is 5.73 Å². The molecule has 0 atom stereocenters. The summed E-state index contributed by atoms with van der Waals surface area (Å²) in [5, 5.41) is 0.465. The molecule has 2 heterocycles. The zero-order valence-electron chi connectivity index (χ0n) is 11.1. The standard InChI is InChI=1S/C12H20N4OS/c1-8-10(18-12(13)14-8)11(17)16(3)9-4-6-15(2)7-5-9/h9H,4-7H2,1-3H3,(H2,13,14). The largest absolute Gasteiger partial charge is 0.375 e. The van der Waals surface area contributed by atoms with Crippen molar-refractivity contribution in [3.63, 3.8) is 0 Å². The summed E-state index contributed by atoms with van der Waals surface area (Å²) in [6, 6.07) is 0.330. The summed E-state index contributed by atoms with van der Waals surface area (Å²) >= 11 is 1.28. The highest BCUT2D eigenvalue weighted by Crippen LogP contribution is 2.23. The van der Waals surface area contributed by atoms with E-state index in [-0.39, 0.29) is 5.91 Å². The minimum absolute atomic E-state index is 0.0521. The lowest BCUT2D eigenvalue weighted by Crippen LogP contribution is -2.44. The summed E-state index contributed by atoms with van der Waals surface area (Å²) in [6.45, 7) is 3.93. The number of piperidine rings is 1. The first-order valence-electron chi connectivity index (χ1n) is 6.17. The Balaban J connectivity index is 2.07. The molecule has 0 spiro atoms. The molecule has 0 aromatic carbocycles. The van der Waals surface area contributed by atoms with Gasteiger partial charge in [0.05, 0.1) is 5.69 Å². The van der Waals surface area contributed by atoms with Crippen LogP contribution in [-0.2, 0) is 0 Å². The molecule has 1 aromatic rings. The number of thiazole rings is 1. The van der Waals surface area contributed by atoms with Crippen molar-refractivity contribution in [2.45, 2.75) is 25.8 Å². The van der Waals surface area contributed by atoms with Gasteiger partial charge in [-0.2, -0.15) is 0 Å². The average molecular weight is 268 g/mol. The number of nitrogen functional groups attached to an aromatic ring is 1. The number of carbonyl (C=O) groups excluding carboxylic acids is 1. The minimum atomic E-state index is 0.0521. The van der Waals surface area contributed by atoms with Crippen LogP contribution in [0.25, 0.3) is 0 Å². The van der Waals surface area contributed by atoms with E-state index in [9.17, 15) is 4.79 Å². The van der Waals surface area contributed by atoms with Crippen LogP contribution in [-0.4, -0.2) is 53.9 Å². The maximum absolute atomic E-state index is 12.4. The third-order valence-electron chi connectivity index (χ3n) is 3.56. The average Bonchev–Trinajstić information content (AvgIpc) is 2.67. The van der Waals surface area contributed by atoms with Crippen molar-refractivity contribution < 1.29 is 4.79 Å². The first-order chi connectivity index (χ1) is 8.49. The number of carbonyl (C=O) groups is 1. The van der Waals surface area contributed by atoms with Crippen molar-refractivity contribution in [1.82, 2.24) is 14.8 Å². The van der Waals surface area contributed by atoms with Crippen LogP contribution >= 0.6 is 11.3 Å². The molecule has 1 aromatic heterocycles. The minimum Gasteiger partial charge on any atom is -0.375 e. The fourth-order valence-electron chi connectivity index (χ4n) is 2.32. The van der Waals surface area contributed by atoms with E-state index in [0.29, 0.717) is 16.1 Å². The lowest BCUT2D eigenvalue weighted by Gasteiger charge is -2.34. The Labute approximate surface area is 112 Å². The van der Waals surface area contributed by atoms with Gasteiger partial charge in [0, 0.05) is 13.1 Å². The van der Waals surface area contributed by atoms with E-state index in [2.05, 4.69) is 16.9 Å². The van der Waals surface area contributed by atoms with Gasteiger partial charge < -0.3 is 15.5 Å². The zero-order chi connectivity index (χ0) is 13.3. The summed E-state index contributed by atoms with van der Waals surface area (Å²) in [5.74, 6) is 0.0521. The fourth-order valence-corrected chi connectivity index (χ4v) is 3.14. The van der Waals surface area contributed by atoms with Crippen molar-refractivity contribution in [1.29, 1.82) is 0 Å². The second-order valence-corrected chi connectivity index (χ2v) is 5.95. The van der Waals surface area contributed by atoms with E-state index in [1.807, 2.05) is 18.9 Å². The molecule has 100 valence electrons. The fraction of sp³-hybridized carbons (Fsp3) is 0.667. The highest BCUT2D eigenvalue weighted by Gasteiger charge is 2.26. The summed E-state index contributed by atoms with van der Waals surface area (Å²) in [6.07, 6.45) is 2.07. The number of rotatable bonds is 2. The van der Waals surface area contributed by atoms with Gasteiger partial charge in [-0.1, -0.05) is 11.3 Å². The first-order valence-corrected chi connectivity index (χ1v) is 6.99. The van der Waals surface area contributed by atoms with E-state index < -0.39 is 0 Å². The van der Waals surface area contributed by atoms with Crippen LogP contribution in [0.3, 0.4) is 0 Å². The third kappa shape index (κ3) is 2.64. The molecular weight excluding hydrogens is 248 g/mol. The van der Waals surface area contributed by atoms with Crippen LogP contribution in [0.5, 0.6) is 0 Å². The Morgan fingerprint density at radius 3 is 2.61 bits per heavy atom.